The quantitative estimate of drug-likeness (QED) is 0.759. The molecule has 3 heteroatoms. The van der Waals surface area contributed by atoms with Gasteiger partial charge < -0.3 is 5.11 Å². The van der Waals surface area contributed by atoms with Crippen molar-refractivity contribution < 1.29 is 5.11 Å². The number of aliphatic hydroxyl groups excluding tert-OH is 1. The molecular weight excluding hydrogens is 252 g/mol. The van der Waals surface area contributed by atoms with Gasteiger partial charge in [0.25, 0.3) is 0 Å². The van der Waals surface area contributed by atoms with Gasteiger partial charge in [0, 0.05) is 6.61 Å². The molecule has 0 aromatic heterocycles. The van der Waals surface area contributed by atoms with E-state index in [4.69, 9.17) is 0 Å². The number of allylic oxidation sites excluding steroid dienone is 8. The average Bonchev–Trinajstić information content (AvgIpc) is 3.01. The summed E-state index contributed by atoms with van der Waals surface area (Å²) in [4.78, 5) is 0. The molecule has 0 radical (unpaired) electrons. The summed E-state index contributed by atoms with van der Waals surface area (Å²) in [7, 11) is -3.04. The highest BCUT2D eigenvalue weighted by atomic mass is 29.3. The first-order valence-electron chi connectivity index (χ1n) is 6.87. The van der Waals surface area contributed by atoms with Crippen LogP contribution in [0.1, 0.15) is 12.8 Å². The molecule has 0 bridgehead atoms. The molecule has 98 valence electrons. The van der Waals surface area contributed by atoms with Gasteiger partial charge in [-0.3, -0.25) is 0 Å². The SMILES string of the molecule is C[Si](C)(CCO)[Si](C)(C1=CCC=C1)C1=CCC=C1. The highest BCUT2D eigenvalue weighted by molar-refractivity contribution is 7.47. The van der Waals surface area contributed by atoms with Crippen LogP contribution in [-0.2, 0) is 0 Å². The van der Waals surface area contributed by atoms with Gasteiger partial charge in [0.15, 0.2) is 0 Å². The lowest BCUT2D eigenvalue weighted by Crippen LogP contribution is -2.59. The second-order valence-electron chi connectivity index (χ2n) is 6.08. The molecular formula is C15H24OSi2. The number of rotatable bonds is 5. The van der Waals surface area contributed by atoms with Gasteiger partial charge in [0.2, 0.25) is 0 Å². The van der Waals surface area contributed by atoms with Gasteiger partial charge in [-0.1, -0.05) is 66.5 Å². The Kier molecular flexibility index (Phi) is 3.94. The zero-order valence-corrected chi connectivity index (χ0v) is 13.7. The van der Waals surface area contributed by atoms with Crippen LogP contribution in [0.25, 0.3) is 0 Å². The fourth-order valence-electron chi connectivity index (χ4n) is 3.14. The highest BCUT2D eigenvalue weighted by Gasteiger charge is 2.48. The number of hydrogen-bond acceptors (Lipinski definition) is 1. The largest absolute Gasteiger partial charge is 0.397 e. The molecule has 0 unspecified atom stereocenters. The first-order chi connectivity index (χ1) is 8.52. The molecule has 0 amide bonds. The summed E-state index contributed by atoms with van der Waals surface area (Å²) in [5.41, 5.74) is 0. The Morgan fingerprint density at radius 1 is 1.00 bits per heavy atom. The van der Waals surface area contributed by atoms with Crippen LogP contribution in [0.15, 0.2) is 46.8 Å². The van der Waals surface area contributed by atoms with Crippen molar-refractivity contribution in [2.45, 2.75) is 38.5 Å². The minimum Gasteiger partial charge on any atom is -0.397 e. The first-order valence-corrected chi connectivity index (χ1v) is 13.6. The van der Waals surface area contributed by atoms with Crippen molar-refractivity contribution >= 4 is 15.2 Å². The van der Waals surface area contributed by atoms with Gasteiger partial charge in [-0.25, -0.2) is 0 Å². The summed E-state index contributed by atoms with van der Waals surface area (Å²) >= 11 is 0. The van der Waals surface area contributed by atoms with Crippen LogP contribution in [0.5, 0.6) is 0 Å². The molecule has 1 nitrogen and oxygen atoms in total. The van der Waals surface area contributed by atoms with E-state index >= 15 is 0 Å². The third-order valence-corrected chi connectivity index (χ3v) is 22.6. The lowest BCUT2D eigenvalue weighted by atomic mass is 10.5. The summed E-state index contributed by atoms with van der Waals surface area (Å²) in [6.45, 7) is 7.80. The Labute approximate surface area is 112 Å². The van der Waals surface area contributed by atoms with Gasteiger partial charge in [-0.15, -0.1) is 0 Å². The summed E-state index contributed by atoms with van der Waals surface area (Å²) in [5, 5.41) is 12.6. The maximum absolute atomic E-state index is 9.43. The predicted molar refractivity (Wildman–Crippen MR) is 84.7 cm³/mol. The zero-order valence-electron chi connectivity index (χ0n) is 11.7. The molecule has 0 fully saturated rings. The van der Waals surface area contributed by atoms with Gasteiger partial charge in [-0.2, -0.15) is 0 Å². The molecule has 18 heavy (non-hydrogen) atoms. The molecule has 2 aliphatic rings. The van der Waals surface area contributed by atoms with Gasteiger partial charge >= 0.3 is 0 Å². The van der Waals surface area contributed by atoms with E-state index < -0.39 is 15.2 Å². The molecule has 0 aromatic rings. The summed E-state index contributed by atoms with van der Waals surface area (Å²) in [6.07, 6.45) is 16.3. The molecule has 0 saturated heterocycles. The van der Waals surface area contributed by atoms with Crippen molar-refractivity contribution in [1.82, 2.24) is 0 Å². The average molecular weight is 277 g/mol. The molecule has 0 saturated carbocycles. The van der Waals surface area contributed by atoms with E-state index in [-0.39, 0.29) is 0 Å². The third kappa shape index (κ3) is 2.15. The summed E-state index contributed by atoms with van der Waals surface area (Å²) in [5.74, 6) is 0. The smallest absolute Gasteiger partial charge is 0.107 e. The number of aliphatic hydroxyl groups is 1. The van der Waals surface area contributed by atoms with Crippen molar-refractivity contribution in [3.05, 3.63) is 46.8 Å². The second kappa shape index (κ2) is 5.15. The van der Waals surface area contributed by atoms with Crippen molar-refractivity contribution in [3.8, 4) is 0 Å². The van der Waals surface area contributed by atoms with Gasteiger partial charge in [0.05, 0.1) is 7.59 Å². The topological polar surface area (TPSA) is 20.2 Å². The maximum Gasteiger partial charge on any atom is 0.107 e. The monoisotopic (exact) mass is 276 g/mol. The normalized spacial score (nSPS) is 19.3. The van der Waals surface area contributed by atoms with Crippen molar-refractivity contribution in [2.24, 2.45) is 0 Å². The van der Waals surface area contributed by atoms with Crippen LogP contribution in [0.4, 0.5) is 0 Å². The Morgan fingerprint density at radius 2 is 1.50 bits per heavy atom. The molecule has 0 atom stereocenters. The Morgan fingerprint density at radius 3 is 1.83 bits per heavy atom. The first kappa shape index (κ1) is 13.8. The minimum atomic E-state index is -1.60. The second-order valence-corrected chi connectivity index (χ2v) is 20.8. The van der Waals surface area contributed by atoms with Crippen LogP contribution >= 0.6 is 0 Å². The lowest BCUT2D eigenvalue weighted by Gasteiger charge is -2.42. The molecule has 2 aliphatic carbocycles. The number of hydrogen-bond donors (Lipinski definition) is 1. The van der Waals surface area contributed by atoms with E-state index in [1.807, 2.05) is 0 Å². The van der Waals surface area contributed by atoms with Crippen molar-refractivity contribution in [1.29, 1.82) is 0 Å². The van der Waals surface area contributed by atoms with E-state index in [2.05, 4.69) is 56.1 Å². The Hall–Kier alpha value is -0.646. The van der Waals surface area contributed by atoms with E-state index in [9.17, 15) is 5.11 Å². The van der Waals surface area contributed by atoms with Crippen LogP contribution in [0, 0.1) is 0 Å². The Bertz CT molecular complexity index is 411. The fraction of sp³-hybridized carbons (Fsp3) is 0.467. The van der Waals surface area contributed by atoms with Crippen LogP contribution in [0.2, 0.25) is 25.7 Å². The fourth-order valence-corrected chi connectivity index (χ4v) is 15.7. The van der Waals surface area contributed by atoms with E-state index in [1.165, 1.54) is 0 Å². The standard InChI is InChI=1S/C15H24OSi2/c1-17(2,13-12-16)18(3,14-8-4-5-9-14)15-10-6-7-11-15/h4,6,8-11,16H,5,7,12-13H2,1-3H3. The highest BCUT2D eigenvalue weighted by Crippen LogP contribution is 2.39. The molecule has 0 aliphatic heterocycles. The predicted octanol–water partition coefficient (Wildman–Crippen LogP) is 3.70. The van der Waals surface area contributed by atoms with Crippen molar-refractivity contribution in [3.63, 3.8) is 0 Å². The third-order valence-electron chi connectivity index (χ3n) is 4.79. The van der Waals surface area contributed by atoms with E-state index in [1.54, 1.807) is 10.4 Å². The van der Waals surface area contributed by atoms with Crippen LogP contribution in [-0.4, -0.2) is 26.9 Å². The van der Waals surface area contributed by atoms with Gasteiger partial charge in [0.1, 0.15) is 7.59 Å². The van der Waals surface area contributed by atoms with Crippen molar-refractivity contribution in [2.75, 3.05) is 6.61 Å². The molecule has 2 rings (SSSR count). The van der Waals surface area contributed by atoms with Crippen LogP contribution < -0.4 is 0 Å². The van der Waals surface area contributed by atoms with E-state index in [0.717, 1.165) is 18.9 Å². The van der Waals surface area contributed by atoms with Crippen LogP contribution in [0.3, 0.4) is 0 Å². The lowest BCUT2D eigenvalue weighted by molar-refractivity contribution is 0.317. The zero-order chi connectivity index (χ0) is 13.2. The minimum absolute atomic E-state index is 0.343. The molecule has 0 aromatic carbocycles. The molecule has 0 heterocycles. The molecule has 0 spiro atoms. The van der Waals surface area contributed by atoms with E-state index in [0.29, 0.717) is 6.61 Å². The molecule has 1 N–H and O–H groups in total. The summed E-state index contributed by atoms with van der Waals surface area (Å²) in [6, 6.07) is 1.02. The van der Waals surface area contributed by atoms with Gasteiger partial charge in [-0.05, 0) is 18.9 Å². The summed E-state index contributed by atoms with van der Waals surface area (Å²) < 4.78 is 0. The Balaban J connectivity index is 2.46. The maximum atomic E-state index is 9.43.